The van der Waals surface area contributed by atoms with Crippen LogP contribution in [0.5, 0.6) is 0 Å². The first-order valence-electron chi connectivity index (χ1n) is 4.47. The summed E-state index contributed by atoms with van der Waals surface area (Å²) in [5, 5.41) is 0. The van der Waals surface area contributed by atoms with E-state index in [4.69, 9.17) is 0 Å². The summed E-state index contributed by atoms with van der Waals surface area (Å²) in [6.07, 6.45) is 22.5. The maximum Gasteiger partial charge on any atom is 0.00473 e. The van der Waals surface area contributed by atoms with Crippen LogP contribution in [0.25, 0.3) is 0 Å². The summed E-state index contributed by atoms with van der Waals surface area (Å²) in [5.74, 6) is 0. The second kappa shape index (κ2) is 6.66. The molecule has 0 amide bonds. The summed E-state index contributed by atoms with van der Waals surface area (Å²) in [5.41, 5.74) is 0. The molecule has 63 valence electrons. The summed E-state index contributed by atoms with van der Waals surface area (Å²) >= 11 is 0. The lowest BCUT2D eigenvalue weighted by Crippen LogP contribution is -1.68. The first-order chi connectivity index (χ1) is 6.00. The summed E-state index contributed by atoms with van der Waals surface area (Å²) in [6, 6.07) is 0. The highest BCUT2D eigenvalue weighted by Crippen LogP contribution is 1.98. The Labute approximate surface area is 75.0 Å². The summed E-state index contributed by atoms with van der Waals surface area (Å²) < 4.78 is 0. The highest BCUT2D eigenvalue weighted by Gasteiger charge is 1.78. The van der Waals surface area contributed by atoms with E-state index in [0.29, 0.717) is 0 Å². The van der Waals surface area contributed by atoms with Crippen LogP contribution < -0.4 is 0 Å². The zero-order valence-corrected chi connectivity index (χ0v) is 7.32. The van der Waals surface area contributed by atoms with Crippen molar-refractivity contribution in [1.82, 2.24) is 0 Å². The average molecular weight is 159 g/mol. The molecule has 0 aromatic carbocycles. The van der Waals surface area contributed by atoms with Crippen molar-refractivity contribution in [2.45, 2.75) is 19.3 Å². The Bertz CT molecular complexity index is 180. The van der Waals surface area contributed by atoms with Gasteiger partial charge in [0.15, 0.2) is 0 Å². The minimum atomic E-state index is 1.05. The predicted octanol–water partition coefficient (Wildman–Crippen LogP) is 3.60. The van der Waals surface area contributed by atoms with Gasteiger partial charge >= 0.3 is 0 Å². The fourth-order valence-electron chi connectivity index (χ4n) is 1.01. The Morgan fingerprint density at radius 2 is 1.50 bits per heavy atom. The maximum atomic E-state index is 2.24. The Kier molecular flexibility index (Phi) is 5.02. The van der Waals surface area contributed by atoms with E-state index in [9.17, 15) is 0 Å². The fraction of sp³-hybridized carbons (Fsp3) is 0.250. The fourth-order valence-corrected chi connectivity index (χ4v) is 1.01. The number of hydrogen-bond donors (Lipinski definition) is 0. The van der Waals surface area contributed by atoms with Crippen molar-refractivity contribution in [1.29, 1.82) is 0 Å². The molecule has 1 aliphatic rings. The molecule has 0 unspecified atom stereocenters. The number of rotatable bonds is 0. The standard InChI is InChI=1S/C12H15/c1-2-4-6-8-10-12-11-9-7-5-3-1/h1-7,10,12H,8-9,11H2/b2-1+,6-4-,7-5+,12-10+. The molecule has 0 N–H and O–H groups in total. The van der Waals surface area contributed by atoms with Crippen molar-refractivity contribution < 1.29 is 0 Å². The molecule has 0 fully saturated rings. The van der Waals surface area contributed by atoms with Gasteiger partial charge in [0, 0.05) is 6.42 Å². The molecule has 0 bridgehead atoms. The molecule has 0 saturated heterocycles. The topological polar surface area (TPSA) is 0 Å². The van der Waals surface area contributed by atoms with Crippen LogP contribution in [0.3, 0.4) is 0 Å². The molecule has 0 atom stereocenters. The zero-order chi connectivity index (χ0) is 8.49. The second-order valence-electron chi connectivity index (χ2n) is 2.72. The molecular formula is C12H15. The lowest BCUT2D eigenvalue weighted by molar-refractivity contribution is 1.04. The van der Waals surface area contributed by atoms with Gasteiger partial charge in [0.1, 0.15) is 0 Å². The van der Waals surface area contributed by atoms with Gasteiger partial charge in [-0.15, -0.1) is 0 Å². The van der Waals surface area contributed by atoms with Gasteiger partial charge in [-0.05, 0) is 19.3 Å². The third kappa shape index (κ3) is 4.73. The summed E-state index contributed by atoms with van der Waals surface area (Å²) in [6.45, 7) is 0. The van der Waals surface area contributed by atoms with E-state index in [1.54, 1.807) is 0 Å². The van der Waals surface area contributed by atoms with Crippen LogP contribution >= 0.6 is 0 Å². The molecule has 0 aromatic heterocycles. The van der Waals surface area contributed by atoms with Gasteiger partial charge < -0.3 is 0 Å². The van der Waals surface area contributed by atoms with E-state index in [0.717, 1.165) is 19.3 Å². The van der Waals surface area contributed by atoms with Gasteiger partial charge in [0.05, 0.1) is 0 Å². The van der Waals surface area contributed by atoms with E-state index < -0.39 is 0 Å². The summed E-state index contributed by atoms with van der Waals surface area (Å²) in [7, 11) is 0. The smallest absolute Gasteiger partial charge is 0.00473 e. The van der Waals surface area contributed by atoms with Crippen LogP contribution in [0.2, 0.25) is 0 Å². The van der Waals surface area contributed by atoms with Gasteiger partial charge in [0.25, 0.3) is 0 Å². The van der Waals surface area contributed by atoms with E-state index in [1.807, 2.05) is 0 Å². The second-order valence-corrected chi connectivity index (χ2v) is 2.72. The minimum Gasteiger partial charge on any atom is -0.0879 e. The highest BCUT2D eigenvalue weighted by molar-refractivity contribution is 5.15. The van der Waals surface area contributed by atoms with Crippen molar-refractivity contribution >= 4 is 0 Å². The first kappa shape index (κ1) is 9.05. The van der Waals surface area contributed by atoms with E-state index in [2.05, 4.69) is 55.0 Å². The van der Waals surface area contributed by atoms with Crippen LogP contribution in [0, 0.1) is 6.42 Å². The molecule has 1 rings (SSSR count). The van der Waals surface area contributed by atoms with Crippen LogP contribution in [-0.2, 0) is 0 Å². The maximum absolute atomic E-state index is 2.24. The largest absolute Gasteiger partial charge is 0.0879 e. The normalized spacial score (nSPS) is 29.3. The lowest BCUT2D eigenvalue weighted by atomic mass is 10.2. The van der Waals surface area contributed by atoms with Crippen LogP contribution in [0.4, 0.5) is 0 Å². The van der Waals surface area contributed by atoms with Gasteiger partial charge in [0.2, 0.25) is 0 Å². The molecule has 0 aromatic rings. The predicted molar refractivity (Wildman–Crippen MR) is 54.7 cm³/mol. The van der Waals surface area contributed by atoms with Crippen LogP contribution in [-0.4, -0.2) is 0 Å². The van der Waals surface area contributed by atoms with Crippen LogP contribution in [0.1, 0.15) is 19.3 Å². The van der Waals surface area contributed by atoms with Crippen molar-refractivity contribution in [2.75, 3.05) is 0 Å². The van der Waals surface area contributed by atoms with Gasteiger partial charge in [-0.1, -0.05) is 48.6 Å². The SMILES string of the molecule is [CH]1/C=C/C=C\C/C=C/CC/C=C/1. The number of allylic oxidation sites excluding steroid dienone is 8. The third-order valence-corrected chi connectivity index (χ3v) is 1.66. The van der Waals surface area contributed by atoms with Gasteiger partial charge in [-0.3, -0.25) is 0 Å². The molecule has 1 radical (unpaired) electrons. The molecular weight excluding hydrogens is 144 g/mol. The van der Waals surface area contributed by atoms with E-state index in [-0.39, 0.29) is 0 Å². The van der Waals surface area contributed by atoms with Crippen molar-refractivity contribution in [3.63, 3.8) is 0 Å². The molecule has 12 heavy (non-hydrogen) atoms. The molecule has 0 heteroatoms. The summed E-state index contributed by atoms with van der Waals surface area (Å²) in [4.78, 5) is 0. The molecule has 0 aliphatic heterocycles. The highest BCUT2D eigenvalue weighted by atomic mass is 13.8. The van der Waals surface area contributed by atoms with Gasteiger partial charge in [-0.2, -0.15) is 0 Å². The zero-order valence-electron chi connectivity index (χ0n) is 7.32. The monoisotopic (exact) mass is 159 g/mol. The van der Waals surface area contributed by atoms with Crippen LogP contribution in [0.15, 0.2) is 48.6 Å². The molecule has 0 heterocycles. The first-order valence-corrected chi connectivity index (χ1v) is 4.47. The minimum absolute atomic E-state index is 1.05. The average Bonchev–Trinajstić information content (AvgIpc) is 2.05. The molecule has 1 aliphatic carbocycles. The molecule has 0 spiro atoms. The number of hydrogen-bond acceptors (Lipinski definition) is 0. The lowest BCUT2D eigenvalue weighted by Gasteiger charge is -1.88. The third-order valence-electron chi connectivity index (χ3n) is 1.66. The van der Waals surface area contributed by atoms with Crippen molar-refractivity contribution in [3.8, 4) is 0 Å². The Hall–Kier alpha value is -1.04. The van der Waals surface area contributed by atoms with Crippen molar-refractivity contribution in [3.05, 3.63) is 55.0 Å². The molecule has 0 nitrogen and oxygen atoms in total. The Morgan fingerprint density at radius 3 is 2.50 bits per heavy atom. The van der Waals surface area contributed by atoms with Crippen molar-refractivity contribution in [2.24, 2.45) is 0 Å². The molecule has 0 saturated carbocycles. The van der Waals surface area contributed by atoms with Gasteiger partial charge in [-0.25, -0.2) is 0 Å². The van der Waals surface area contributed by atoms with E-state index in [1.165, 1.54) is 0 Å². The Balaban J connectivity index is 2.41. The quantitative estimate of drug-likeness (QED) is 0.474. The Morgan fingerprint density at radius 1 is 0.583 bits per heavy atom. The van der Waals surface area contributed by atoms with E-state index >= 15 is 0 Å².